The number of carbonyl (C=O) groups is 1. The van der Waals surface area contributed by atoms with Gasteiger partial charge in [-0.2, -0.15) is 4.31 Å². The van der Waals surface area contributed by atoms with Crippen molar-refractivity contribution in [2.75, 3.05) is 32.7 Å². The van der Waals surface area contributed by atoms with Gasteiger partial charge in [0.05, 0.1) is 9.82 Å². The van der Waals surface area contributed by atoms with Gasteiger partial charge in [0.25, 0.3) is 5.69 Å². The number of benzene rings is 1. The van der Waals surface area contributed by atoms with E-state index in [-0.39, 0.29) is 35.4 Å². The predicted molar refractivity (Wildman–Crippen MR) is 101 cm³/mol. The quantitative estimate of drug-likeness (QED) is 0.576. The number of nitrogens with one attached hydrogen (secondary N) is 1. The number of piperidine rings is 1. The van der Waals surface area contributed by atoms with Crippen molar-refractivity contribution in [2.45, 2.75) is 30.2 Å². The van der Waals surface area contributed by atoms with Gasteiger partial charge in [-0.3, -0.25) is 14.9 Å². The summed E-state index contributed by atoms with van der Waals surface area (Å²) >= 11 is 0. The molecule has 0 aromatic heterocycles. The summed E-state index contributed by atoms with van der Waals surface area (Å²) in [7, 11) is -3.89. The van der Waals surface area contributed by atoms with Crippen LogP contribution >= 0.6 is 12.4 Å². The van der Waals surface area contributed by atoms with Crippen LogP contribution in [0.5, 0.6) is 0 Å². The molecule has 1 aromatic rings. The van der Waals surface area contributed by atoms with Gasteiger partial charge in [-0.15, -0.1) is 12.4 Å². The molecule has 3 rings (SSSR count). The van der Waals surface area contributed by atoms with Gasteiger partial charge < -0.3 is 10.2 Å². The molecule has 2 fully saturated rings. The van der Waals surface area contributed by atoms with E-state index in [4.69, 9.17) is 0 Å². The first-order valence-corrected chi connectivity index (χ1v) is 10.1. The number of nitro groups is 1. The molecule has 27 heavy (non-hydrogen) atoms. The van der Waals surface area contributed by atoms with E-state index in [0.717, 1.165) is 6.42 Å². The van der Waals surface area contributed by atoms with Crippen molar-refractivity contribution in [3.05, 3.63) is 34.4 Å². The molecular weight excluding hydrogens is 396 g/mol. The first-order chi connectivity index (χ1) is 12.4. The van der Waals surface area contributed by atoms with Crippen LogP contribution in [0.2, 0.25) is 0 Å². The maximum atomic E-state index is 13.0. The molecule has 1 aromatic carbocycles. The molecule has 2 saturated heterocycles. The van der Waals surface area contributed by atoms with Crippen molar-refractivity contribution in [1.82, 2.24) is 14.5 Å². The van der Waals surface area contributed by atoms with Gasteiger partial charge >= 0.3 is 0 Å². The van der Waals surface area contributed by atoms with Crippen LogP contribution < -0.4 is 5.32 Å². The van der Waals surface area contributed by atoms with Gasteiger partial charge in [0.2, 0.25) is 15.9 Å². The lowest BCUT2D eigenvalue weighted by atomic mass is 10.0. The fraction of sp³-hybridized carbons (Fsp3) is 0.562. The van der Waals surface area contributed by atoms with Crippen LogP contribution in [0.15, 0.2) is 29.2 Å². The van der Waals surface area contributed by atoms with Crippen molar-refractivity contribution >= 4 is 34.0 Å². The summed E-state index contributed by atoms with van der Waals surface area (Å²) in [5.41, 5.74) is -0.170. The molecule has 2 aliphatic rings. The standard InChI is InChI=1S/C16H22N4O5S.ClH/c21-16(18-11-8-17-9-12-18)15-3-1-2-10-19(15)26(24,25)14-6-4-13(5-7-14)20(22)23;/h4-7,15,17H,1-3,8-12H2;1H. The average molecular weight is 419 g/mol. The second-order valence-electron chi connectivity index (χ2n) is 6.45. The zero-order valence-corrected chi connectivity index (χ0v) is 16.4. The molecule has 1 amide bonds. The minimum absolute atomic E-state index is 0. The van der Waals surface area contributed by atoms with Gasteiger partial charge in [0.1, 0.15) is 6.04 Å². The molecule has 0 aliphatic carbocycles. The van der Waals surface area contributed by atoms with Crippen LogP contribution in [-0.4, -0.2) is 67.2 Å². The van der Waals surface area contributed by atoms with E-state index in [1.54, 1.807) is 4.90 Å². The van der Waals surface area contributed by atoms with Crippen molar-refractivity contribution in [2.24, 2.45) is 0 Å². The summed E-state index contributed by atoms with van der Waals surface area (Å²) < 4.78 is 27.3. The Morgan fingerprint density at radius 3 is 2.33 bits per heavy atom. The maximum absolute atomic E-state index is 13.0. The molecule has 0 spiro atoms. The Bertz CT molecular complexity index is 781. The Morgan fingerprint density at radius 1 is 1.11 bits per heavy atom. The van der Waals surface area contributed by atoms with Crippen LogP contribution in [-0.2, 0) is 14.8 Å². The summed E-state index contributed by atoms with van der Waals surface area (Å²) in [6, 6.07) is 4.10. The van der Waals surface area contributed by atoms with Gasteiger partial charge in [-0.05, 0) is 25.0 Å². The molecule has 1 unspecified atom stereocenters. The molecule has 1 atom stereocenters. The van der Waals surface area contributed by atoms with Crippen molar-refractivity contribution in [3.63, 3.8) is 0 Å². The smallest absolute Gasteiger partial charge is 0.269 e. The average Bonchev–Trinajstić information content (AvgIpc) is 2.68. The topological polar surface area (TPSA) is 113 Å². The number of halogens is 1. The highest BCUT2D eigenvalue weighted by molar-refractivity contribution is 7.89. The van der Waals surface area contributed by atoms with Crippen molar-refractivity contribution < 1.29 is 18.1 Å². The van der Waals surface area contributed by atoms with Gasteiger partial charge in [-0.25, -0.2) is 8.42 Å². The summed E-state index contributed by atoms with van der Waals surface area (Å²) in [4.78, 5) is 24.8. The number of hydrogen-bond acceptors (Lipinski definition) is 6. The van der Waals surface area contributed by atoms with E-state index < -0.39 is 21.0 Å². The fourth-order valence-corrected chi connectivity index (χ4v) is 5.06. The number of amides is 1. The molecule has 9 nitrogen and oxygen atoms in total. The zero-order valence-electron chi connectivity index (χ0n) is 14.7. The Balaban J connectivity index is 0.00000261. The first-order valence-electron chi connectivity index (χ1n) is 8.67. The number of non-ortho nitro benzene ring substituents is 1. The molecule has 2 aliphatic heterocycles. The van der Waals surface area contributed by atoms with Gasteiger partial charge in [-0.1, -0.05) is 6.42 Å². The molecule has 1 N–H and O–H groups in total. The fourth-order valence-electron chi connectivity index (χ4n) is 3.41. The third-order valence-corrected chi connectivity index (χ3v) is 6.74. The molecule has 150 valence electrons. The van der Waals surface area contributed by atoms with E-state index in [1.807, 2.05) is 0 Å². The third-order valence-electron chi connectivity index (χ3n) is 4.82. The minimum atomic E-state index is -3.89. The van der Waals surface area contributed by atoms with E-state index in [2.05, 4.69) is 5.32 Å². The van der Waals surface area contributed by atoms with E-state index in [0.29, 0.717) is 39.0 Å². The summed E-state index contributed by atoms with van der Waals surface area (Å²) in [5.74, 6) is -0.156. The Hall–Kier alpha value is -1.75. The number of sulfonamides is 1. The lowest BCUT2D eigenvalue weighted by Gasteiger charge is -2.38. The second-order valence-corrected chi connectivity index (χ2v) is 8.34. The van der Waals surface area contributed by atoms with Crippen LogP contribution in [0.3, 0.4) is 0 Å². The predicted octanol–water partition coefficient (Wildman–Crippen LogP) is 0.992. The van der Waals surface area contributed by atoms with E-state index in [9.17, 15) is 23.3 Å². The van der Waals surface area contributed by atoms with Crippen molar-refractivity contribution in [1.29, 1.82) is 0 Å². The first kappa shape index (κ1) is 21.5. The number of piperazine rings is 1. The second kappa shape index (κ2) is 8.96. The lowest BCUT2D eigenvalue weighted by Crippen LogP contribution is -2.56. The zero-order chi connectivity index (χ0) is 18.7. The Morgan fingerprint density at radius 2 is 1.74 bits per heavy atom. The number of rotatable bonds is 4. The summed E-state index contributed by atoms with van der Waals surface area (Å²) in [5, 5.41) is 13.9. The van der Waals surface area contributed by atoms with Crippen molar-refractivity contribution in [3.8, 4) is 0 Å². The minimum Gasteiger partial charge on any atom is -0.339 e. The van der Waals surface area contributed by atoms with Crippen LogP contribution in [0.25, 0.3) is 0 Å². The van der Waals surface area contributed by atoms with E-state index in [1.165, 1.54) is 28.6 Å². The van der Waals surface area contributed by atoms with Gasteiger partial charge in [0, 0.05) is 44.9 Å². The Kier molecular flexibility index (Phi) is 7.15. The summed E-state index contributed by atoms with van der Waals surface area (Å²) in [6.45, 7) is 2.82. The monoisotopic (exact) mass is 418 g/mol. The normalized spacial score (nSPS) is 21.3. The maximum Gasteiger partial charge on any atom is 0.269 e. The number of nitro benzene ring substituents is 1. The molecule has 0 bridgehead atoms. The molecule has 0 radical (unpaired) electrons. The SMILES string of the molecule is Cl.O=C(C1CCCCN1S(=O)(=O)c1ccc([N+](=O)[O-])cc1)N1CCNCC1. The highest BCUT2D eigenvalue weighted by atomic mass is 35.5. The molecule has 11 heteroatoms. The third kappa shape index (κ3) is 4.57. The molecular formula is C16H23ClN4O5S. The van der Waals surface area contributed by atoms with Crippen LogP contribution in [0, 0.1) is 10.1 Å². The highest BCUT2D eigenvalue weighted by Crippen LogP contribution is 2.27. The lowest BCUT2D eigenvalue weighted by molar-refractivity contribution is -0.384. The molecule has 0 saturated carbocycles. The number of nitrogens with zero attached hydrogens (tertiary/aromatic N) is 3. The van der Waals surface area contributed by atoms with Crippen LogP contribution in [0.1, 0.15) is 19.3 Å². The summed E-state index contributed by atoms with van der Waals surface area (Å²) in [6.07, 6.45) is 1.99. The number of hydrogen-bond donors (Lipinski definition) is 1. The van der Waals surface area contributed by atoms with E-state index >= 15 is 0 Å². The van der Waals surface area contributed by atoms with Crippen LogP contribution in [0.4, 0.5) is 5.69 Å². The number of carbonyl (C=O) groups excluding carboxylic acids is 1. The highest BCUT2D eigenvalue weighted by Gasteiger charge is 2.39. The molecule has 2 heterocycles. The Labute approximate surface area is 164 Å². The largest absolute Gasteiger partial charge is 0.339 e. The van der Waals surface area contributed by atoms with Gasteiger partial charge in [0.15, 0.2) is 0 Å².